The Kier molecular flexibility index (Phi) is 4.68. The molecule has 128 valence electrons. The van der Waals surface area contributed by atoms with Crippen LogP contribution in [0.4, 0.5) is 0 Å². The number of thiophene rings is 1. The standard InChI is InChI=1S/C20H20N2OS2/c1-14-21-20(17-8-5-11-24-17)18(25-14)12-19(23)22(16-9-10-16)13-15-6-3-2-4-7-15/h2-8,11,16H,9-10,12-13H2,1H3. The third-order valence-corrected chi connectivity index (χ3v) is 6.22. The Bertz CT molecular complexity index is 851. The summed E-state index contributed by atoms with van der Waals surface area (Å²) >= 11 is 3.32. The molecular weight excluding hydrogens is 348 g/mol. The van der Waals surface area contributed by atoms with Crippen LogP contribution in [0.15, 0.2) is 47.8 Å². The minimum absolute atomic E-state index is 0.216. The van der Waals surface area contributed by atoms with Crippen LogP contribution in [0.1, 0.15) is 28.3 Å². The summed E-state index contributed by atoms with van der Waals surface area (Å²) < 4.78 is 0. The maximum Gasteiger partial charge on any atom is 0.228 e. The van der Waals surface area contributed by atoms with Crippen molar-refractivity contribution >= 4 is 28.6 Å². The summed E-state index contributed by atoms with van der Waals surface area (Å²) in [7, 11) is 0. The highest BCUT2D eigenvalue weighted by atomic mass is 32.1. The molecular formula is C20H20N2OS2. The number of carbonyl (C=O) groups excluding carboxylic acids is 1. The molecule has 1 aliphatic rings. The molecule has 3 nitrogen and oxygen atoms in total. The summed E-state index contributed by atoms with van der Waals surface area (Å²) in [6.45, 7) is 2.72. The van der Waals surface area contributed by atoms with E-state index in [1.165, 1.54) is 5.56 Å². The quantitative estimate of drug-likeness (QED) is 0.619. The van der Waals surface area contributed by atoms with Crippen LogP contribution in [-0.4, -0.2) is 21.8 Å². The van der Waals surface area contributed by atoms with Gasteiger partial charge in [0.2, 0.25) is 5.91 Å². The van der Waals surface area contributed by atoms with Crippen molar-refractivity contribution in [3.8, 4) is 10.6 Å². The molecule has 1 amide bonds. The summed E-state index contributed by atoms with van der Waals surface area (Å²) in [6.07, 6.45) is 2.69. The molecule has 0 aliphatic heterocycles. The average Bonchev–Trinajstić information content (AvgIpc) is 3.17. The van der Waals surface area contributed by atoms with Gasteiger partial charge in [-0.25, -0.2) is 4.98 Å². The molecule has 4 rings (SSSR count). The van der Waals surface area contributed by atoms with Crippen LogP contribution in [-0.2, 0) is 17.8 Å². The lowest BCUT2D eigenvalue weighted by molar-refractivity contribution is -0.131. The van der Waals surface area contributed by atoms with Crippen LogP contribution in [0.2, 0.25) is 0 Å². The second-order valence-electron chi connectivity index (χ2n) is 6.40. The largest absolute Gasteiger partial charge is 0.335 e. The van der Waals surface area contributed by atoms with Crippen molar-refractivity contribution in [2.75, 3.05) is 0 Å². The molecule has 25 heavy (non-hydrogen) atoms. The van der Waals surface area contributed by atoms with Crippen LogP contribution in [0.3, 0.4) is 0 Å². The normalized spacial score (nSPS) is 13.8. The molecule has 0 radical (unpaired) electrons. The molecule has 5 heteroatoms. The number of amides is 1. The van der Waals surface area contributed by atoms with Gasteiger partial charge in [0.1, 0.15) is 0 Å². The van der Waals surface area contributed by atoms with Crippen molar-refractivity contribution in [2.45, 2.75) is 38.8 Å². The molecule has 0 bridgehead atoms. The zero-order valence-electron chi connectivity index (χ0n) is 14.1. The van der Waals surface area contributed by atoms with Crippen molar-refractivity contribution in [2.24, 2.45) is 0 Å². The monoisotopic (exact) mass is 368 g/mol. The van der Waals surface area contributed by atoms with Crippen molar-refractivity contribution in [1.29, 1.82) is 0 Å². The summed E-state index contributed by atoms with van der Waals surface area (Å²) in [5.41, 5.74) is 2.18. The van der Waals surface area contributed by atoms with Gasteiger partial charge in [-0.05, 0) is 36.8 Å². The van der Waals surface area contributed by atoms with Gasteiger partial charge in [0.15, 0.2) is 0 Å². The Morgan fingerprint density at radius 3 is 2.68 bits per heavy atom. The number of carbonyl (C=O) groups is 1. The Balaban J connectivity index is 1.54. The molecule has 0 saturated heterocycles. The second kappa shape index (κ2) is 7.10. The predicted molar refractivity (Wildman–Crippen MR) is 104 cm³/mol. The first-order chi connectivity index (χ1) is 12.2. The molecule has 1 fully saturated rings. The number of benzene rings is 1. The summed E-state index contributed by atoms with van der Waals surface area (Å²) in [6, 6.07) is 14.8. The fourth-order valence-corrected chi connectivity index (χ4v) is 4.77. The van der Waals surface area contributed by atoms with E-state index in [1.807, 2.05) is 31.2 Å². The number of aryl methyl sites for hydroxylation is 1. The van der Waals surface area contributed by atoms with Crippen molar-refractivity contribution in [3.63, 3.8) is 0 Å². The molecule has 0 spiro atoms. The van der Waals surface area contributed by atoms with Gasteiger partial charge in [-0.1, -0.05) is 36.4 Å². The topological polar surface area (TPSA) is 33.2 Å². The van der Waals surface area contributed by atoms with E-state index in [9.17, 15) is 4.79 Å². The lowest BCUT2D eigenvalue weighted by atomic mass is 10.2. The molecule has 0 unspecified atom stereocenters. The first kappa shape index (κ1) is 16.5. The van der Waals surface area contributed by atoms with E-state index in [-0.39, 0.29) is 5.91 Å². The van der Waals surface area contributed by atoms with Crippen LogP contribution in [0, 0.1) is 6.92 Å². The lowest BCUT2D eigenvalue weighted by Crippen LogP contribution is -2.33. The van der Waals surface area contributed by atoms with E-state index >= 15 is 0 Å². The highest BCUT2D eigenvalue weighted by molar-refractivity contribution is 7.15. The van der Waals surface area contributed by atoms with Gasteiger partial charge in [-0.2, -0.15) is 0 Å². The average molecular weight is 369 g/mol. The van der Waals surface area contributed by atoms with E-state index in [0.29, 0.717) is 19.0 Å². The highest BCUT2D eigenvalue weighted by Crippen LogP contribution is 2.34. The predicted octanol–water partition coefficient (Wildman–Crippen LogP) is 4.91. The molecule has 0 atom stereocenters. The maximum absolute atomic E-state index is 13.0. The van der Waals surface area contributed by atoms with Gasteiger partial charge in [0, 0.05) is 17.5 Å². The minimum atomic E-state index is 0.216. The van der Waals surface area contributed by atoms with E-state index in [2.05, 4.69) is 33.5 Å². The number of aromatic nitrogens is 1. The number of nitrogens with zero attached hydrogens (tertiary/aromatic N) is 2. The van der Waals surface area contributed by atoms with Gasteiger partial charge in [-0.15, -0.1) is 22.7 Å². The Morgan fingerprint density at radius 1 is 1.20 bits per heavy atom. The van der Waals surface area contributed by atoms with E-state index in [4.69, 9.17) is 0 Å². The van der Waals surface area contributed by atoms with E-state index in [0.717, 1.165) is 33.3 Å². The first-order valence-corrected chi connectivity index (χ1v) is 10.2. The number of thiazole rings is 1. The fraction of sp³-hybridized carbons (Fsp3) is 0.300. The molecule has 1 aromatic carbocycles. The van der Waals surface area contributed by atoms with Gasteiger partial charge < -0.3 is 4.90 Å². The van der Waals surface area contributed by atoms with Crippen LogP contribution >= 0.6 is 22.7 Å². The number of hydrogen-bond donors (Lipinski definition) is 0. The molecule has 3 aromatic rings. The third kappa shape index (κ3) is 3.83. The SMILES string of the molecule is Cc1nc(-c2cccs2)c(CC(=O)N(Cc2ccccc2)C2CC2)s1. The number of rotatable bonds is 6. The molecule has 1 aliphatic carbocycles. The zero-order valence-corrected chi connectivity index (χ0v) is 15.8. The smallest absolute Gasteiger partial charge is 0.228 e. The first-order valence-electron chi connectivity index (χ1n) is 8.54. The van der Waals surface area contributed by atoms with Crippen LogP contribution < -0.4 is 0 Å². The van der Waals surface area contributed by atoms with Crippen molar-refractivity contribution in [3.05, 3.63) is 63.3 Å². The van der Waals surface area contributed by atoms with E-state index in [1.54, 1.807) is 22.7 Å². The highest BCUT2D eigenvalue weighted by Gasteiger charge is 2.33. The van der Waals surface area contributed by atoms with Crippen LogP contribution in [0.25, 0.3) is 10.6 Å². The maximum atomic E-state index is 13.0. The van der Waals surface area contributed by atoms with Gasteiger partial charge in [0.25, 0.3) is 0 Å². The number of hydrogen-bond acceptors (Lipinski definition) is 4. The third-order valence-electron chi connectivity index (χ3n) is 4.37. The van der Waals surface area contributed by atoms with Gasteiger partial charge >= 0.3 is 0 Å². The minimum Gasteiger partial charge on any atom is -0.335 e. The summed E-state index contributed by atoms with van der Waals surface area (Å²) in [5, 5.41) is 3.08. The van der Waals surface area contributed by atoms with Crippen molar-refractivity contribution < 1.29 is 4.79 Å². The van der Waals surface area contributed by atoms with Crippen molar-refractivity contribution in [1.82, 2.24) is 9.88 Å². The van der Waals surface area contributed by atoms with Gasteiger partial charge in [0.05, 0.1) is 22.0 Å². The molecule has 0 N–H and O–H groups in total. The molecule has 2 aromatic heterocycles. The Morgan fingerprint density at radius 2 is 2.00 bits per heavy atom. The van der Waals surface area contributed by atoms with Gasteiger partial charge in [-0.3, -0.25) is 4.79 Å². The lowest BCUT2D eigenvalue weighted by Gasteiger charge is -2.22. The molecule has 1 saturated carbocycles. The van der Waals surface area contributed by atoms with E-state index < -0.39 is 0 Å². The fourth-order valence-electron chi connectivity index (χ4n) is 3.02. The Labute approximate surface area is 156 Å². The summed E-state index contributed by atoms with van der Waals surface area (Å²) in [5.74, 6) is 0.216. The molecule has 2 heterocycles. The van der Waals surface area contributed by atoms with Crippen LogP contribution in [0.5, 0.6) is 0 Å². The zero-order chi connectivity index (χ0) is 17.2. The second-order valence-corrected chi connectivity index (χ2v) is 8.63. The Hall–Kier alpha value is -1.98. The summed E-state index contributed by atoms with van der Waals surface area (Å²) in [4.78, 5) is 22.0.